The van der Waals surface area contributed by atoms with Gasteiger partial charge in [0.1, 0.15) is 0 Å². The molecule has 1 aromatic carbocycles. The third-order valence-electron chi connectivity index (χ3n) is 8.60. The van der Waals surface area contributed by atoms with E-state index in [9.17, 15) is 4.79 Å². The minimum atomic E-state index is 0.183. The lowest BCUT2D eigenvalue weighted by atomic mass is 9.89. The van der Waals surface area contributed by atoms with Crippen LogP contribution in [0.2, 0.25) is 0 Å². The second kappa shape index (κ2) is 9.39. The molecule has 0 bridgehead atoms. The Labute approximate surface area is 209 Å². The zero-order chi connectivity index (χ0) is 24.7. The van der Waals surface area contributed by atoms with Gasteiger partial charge in [-0.2, -0.15) is 0 Å². The quantitative estimate of drug-likeness (QED) is 0.416. The fourth-order valence-electron chi connectivity index (χ4n) is 6.43. The van der Waals surface area contributed by atoms with E-state index in [1.807, 2.05) is 49.0 Å². The van der Waals surface area contributed by atoms with E-state index in [-0.39, 0.29) is 5.78 Å². The van der Waals surface area contributed by atoms with Crippen LogP contribution in [-0.2, 0) is 4.79 Å². The minimum Gasteiger partial charge on any atom is -0.320 e. The number of nitrogens with one attached hydrogen (secondary N) is 1. The van der Waals surface area contributed by atoms with Crippen molar-refractivity contribution in [3.05, 3.63) is 70.8 Å². The van der Waals surface area contributed by atoms with Crippen LogP contribution in [0.15, 0.2) is 42.9 Å². The molecule has 35 heavy (non-hydrogen) atoms. The molecule has 3 heterocycles. The van der Waals surface area contributed by atoms with Crippen molar-refractivity contribution in [2.45, 2.75) is 72.8 Å². The lowest BCUT2D eigenvalue weighted by Gasteiger charge is -2.36. The van der Waals surface area contributed by atoms with Gasteiger partial charge in [-0.1, -0.05) is 44.0 Å². The van der Waals surface area contributed by atoms with Crippen LogP contribution >= 0.6 is 0 Å². The van der Waals surface area contributed by atoms with E-state index in [1.165, 1.54) is 30.5 Å². The van der Waals surface area contributed by atoms with Crippen LogP contribution in [0.1, 0.15) is 73.9 Å². The number of fused-ring (bicyclic) bond motifs is 1. The molecular weight excluding hydrogens is 430 g/mol. The first-order chi connectivity index (χ1) is 16.8. The Morgan fingerprint density at radius 2 is 2.03 bits per heavy atom. The molecule has 4 heteroatoms. The Kier molecular flexibility index (Phi) is 6.43. The summed E-state index contributed by atoms with van der Waals surface area (Å²) in [5.74, 6) is 2.41. The first kappa shape index (κ1) is 24.0. The summed E-state index contributed by atoms with van der Waals surface area (Å²) >= 11 is 0. The Morgan fingerprint density at radius 1 is 1.20 bits per heavy atom. The largest absolute Gasteiger partial charge is 0.320 e. The van der Waals surface area contributed by atoms with Gasteiger partial charge in [0.25, 0.3) is 0 Å². The van der Waals surface area contributed by atoms with Gasteiger partial charge in [0, 0.05) is 48.0 Å². The van der Waals surface area contributed by atoms with E-state index in [1.54, 1.807) is 6.42 Å². The lowest BCUT2D eigenvalue weighted by molar-refractivity contribution is -0.113. The maximum Gasteiger partial charge on any atom is 0.163 e. The van der Waals surface area contributed by atoms with Crippen LogP contribution in [0.25, 0.3) is 17.2 Å². The first-order valence-electron chi connectivity index (χ1n) is 13.3. The van der Waals surface area contributed by atoms with Gasteiger partial charge < -0.3 is 9.72 Å². The van der Waals surface area contributed by atoms with Crippen LogP contribution in [0.3, 0.4) is 0 Å². The smallest absolute Gasteiger partial charge is 0.163 e. The highest BCUT2D eigenvalue weighted by molar-refractivity contribution is 6.25. The highest BCUT2D eigenvalue weighted by Gasteiger charge is 2.70. The van der Waals surface area contributed by atoms with Crippen molar-refractivity contribution in [3.8, 4) is 0 Å². The molecule has 2 saturated carbocycles. The maximum atomic E-state index is 12.8. The molecule has 2 aromatic heterocycles. The monoisotopic (exact) mass is 469 g/mol. The van der Waals surface area contributed by atoms with Crippen molar-refractivity contribution in [1.82, 2.24) is 14.7 Å². The van der Waals surface area contributed by atoms with E-state index in [0.717, 1.165) is 57.6 Å². The van der Waals surface area contributed by atoms with E-state index in [0.29, 0.717) is 6.42 Å². The van der Waals surface area contributed by atoms with Crippen LogP contribution in [0.5, 0.6) is 0 Å². The number of aryl methyl sites for hydroxylation is 3. The SMILES string of the molecule is CCC1CC2NCC23CC13.CCCC(=O)/C(=C\c1ccc(C)cc1C)c1cc2cnc(C)cn2c1. The molecule has 2 aliphatic carbocycles. The molecular formula is C31H39N3O. The number of ketones is 1. The summed E-state index contributed by atoms with van der Waals surface area (Å²) in [6, 6.07) is 9.31. The molecule has 4 unspecified atom stereocenters. The lowest BCUT2D eigenvalue weighted by Crippen LogP contribution is -2.53. The van der Waals surface area contributed by atoms with Gasteiger partial charge in [-0.3, -0.25) is 9.78 Å². The van der Waals surface area contributed by atoms with E-state index in [4.69, 9.17) is 0 Å². The van der Waals surface area contributed by atoms with Crippen LogP contribution in [-0.4, -0.2) is 27.8 Å². The molecule has 4 atom stereocenters. The molecule has 4 nitrogen and oxygen atoms in total. The first-order valence-corrected chi connectivity index (χ1v) is 13.3. The van der Waals surface area contributed by atoms with E-state index < -0.39 is 0 Å². The highest BCUT2D eigenvalue weighted by atomic mass is 16.1. The van der Waals surface area contributed by atoms with Gasteiger partial charge in [0.15, 0.2) is 5.78 Å². The van der Waals surface area contributed by atoms with Crippen LogP contribution in [0, 0.1) is 38.0 Å². The van der Waals surface area contributed by atoms with Crippen molar-refractivity contribution in [3.63, 3.8) is 0 Å². The molecule has 1 aliphatic heterocycles. The Morgan fingerprint density at radius 3 is 2.63 bits per heavy atom. The number of Topliss-reactive ketones (excluding diaryl/α,β-unsaturated/α-hetero) is 1. The fourth-order valence-corrected chi connectivity index (χ4v) is 6.43. The van der Waals surface area contributed by atoms with Crippen molar-refractivity contribution >= 4 is 22.9 Å². The Bertz CT molecular complexity index is 1290. The van der Waals surface area contributed by atoms with Gasteiger partial charge in [0.2, 0.25) is 0 Å². The topological polar surface area (TPSA) is 46.4 Å². The summed E-state index contributed by atoms with van der Waals surface area (Å²) in [4.78, 5) is 17.1. The number of carbonyl (C=O) groups is 1. The number of benzene rings is 1. The normalized spacial score (nSPS) is 26.4. The van der Waals surface area contributed by atoms with Gasteiger partial charge >= 0.3 is 0 Å². The van der Waals surface area contributed by atoms with Crippen molar-refractivity contribution in [2.75, 3.05) is 6.54 Å². The third kappa shape index (κ3) is 4.49. The molecule has 1 N–H and O–H groups in total. The van der Waals surface area contributed by atoms with E-state index in [2.05, 4.69) is 49.3 Å². The molecule has 1 saturated heterocycles. The second-order valence-electron chi connectivity index (χ2n) is 11.1. The summed E-state index contributed by atoms with van der Waals surface area (Å²) in [7, 11) is 0. The number of hydrogen-bond donors (Lipinski definition) is 1. The maximum absolute atomic E-state index is 12.8. The minimum absolute atomic E-state index is 0.183. The molecule has 0 radical (unpaired) electrons. The van der Waals surface area contributed by atoms with Crippen molar-refractivity contribution in [2.24, 2.45) is 17.3 Å². The average Bonchev–Trinajstić information content (AvgIpc) is 3.40. The summed E-state index contributed by atoms with van der Waals surface area (Å²) in [6.45, 7) is 11.9. The van der Waals surface area contributed by atoms with E-state index >= 15 is 0 Å². The summed E-state index contributed by atoms with van der Waals surface area (Å²) < 4.78 is 2.03. The van der Waals surface area contributed by atoms with Gasteiger partial charge in [-0.05, 0) is 75.1 Å². The molecule has 3 aromatic rings. The summed E-state index contributed by atoms with van der Waals surface area (Å²) in [5, 5.41) is 3.55. The number of hydrogen-bond acceptors (Lipinski definition) is 3. The zero-order valence-corrected chi connectivity index (χ0v) is 21.9. The Hall–Kier alpha value is -2.72. The van der Waals surface area contributed by atoms with Gasteiger partial charge in [0.05, 0.1) is 17.4 Å². The molecule has 0 amide bonds. The number of allylic oxidation sites excluding steroid dienone is 1. The number of aromatic nitrogens is 2. The third-order valence-corrected chi connectivity index (χ3v) is 8.60. The second-order valence-corrected chi connectivity index (χ2v) is 11.1. The molecule has 3 fully saturated rings. The highest BCUT2D eigenvalue weighted by Crippen LogP contribution is 2.69. The summed E-state index contributed by atoms with van der Waals surface area (Å²) in [5.41, 5.74) is 8.04. The Balaban J connectivity index is 0.000000207. The number of nitrogens with zero attached hydrogens (tertiary/aromatic N) is 2. The predicted octanol–water partition coefficient (Wildman–Crippen LogP) is 6.56. The molecule has 184 valence electrons. The van der Waals surface area contributed by atoms with Crippen molar-refractivity contribution < 1.29 is 4.79 Å². The van der Waals surface area contributed by atoms with Gasteiger partial charge in [-0.15, -0.1) is 0 Å². The number of carbonyl (C=O) groups excluding carboxylic acids is 1. The van der Waals surface area contributed by atoms with Crippen molar-refractivity contribution in [1.29, 1.82) is 0 Å². The molecule has 6 rings (SSSR count). The summed E-state index contributed by atoms with van der Waals surface area (Å²) in [6.07, 6.45) is 13.7. The standard InChI is InChI=1S/C22H24N2O.C9H15N/c1-5-6-22(25)21(11-18-8-7-15(2)9-16(18)3)19-10-20-12-23-17(4)13-24(20)14-19;1-2-6-3-8-9(5-10-8)4-7(6)9/h7-14H,5-6H2,1-4H3;6-8,10H,2-5H2,1H3/b21-11-;. The zero-order valence-electron chi connectivity index (χ0n) is 21.9. The van der Waals surface area contributed by atoms with Gasteiger partial charge in [-0.25, -0.2) is 0 Å². The number of rotatable bonds is 6. The molecule has 3 aliphatic rings. The molecule has 1 spiro atoms. The average molecular weight is 470 g/mol. The van der Waals surface area contributed by atoms with Crippen LogP contribution < -0.4 is 5.32 Å². The fraction of sp³-hybridized carbons (Fsp3) is 0.484. The predicted molar refractivity (Wildman–Crippen MR) is 144 cm³/mol. The van der Waals surface area contributed by atoms with Crippen LogP contribution in [0.4, 0.5) is 0 Å².